The Morgan fingerprint density at radius 2 is 1.92 bits per heavy atom. The van der Waals surface area contributed by atoms with E-state index in [4.69, 9.17) is 0 Å². The molecule has 1 aromatic carbocycles. The number of rotatable bonds is 6. The lowest BCUT2D eigenvalue weighted by Crippen LogP contribution is -2.45. The Morgan fingerprint density at radius 1 is 1.15 bits per heavy atom. The summed E-state index contributed by atoms with van der Waals surface area (Å²) in [5.41, 5.74) is 0.618. The highest BCUT2D eigenvalue weighted by molar-refractivity contribution is 5.77. The summed E-state index contributed by atoms with van der Waals surface area (Å²) in [5, 5.41) is 4.24. The van der Waals surface area contributed by atoms with Gasteiger partial charge in [0.25, 0.3) is 5.56 Å². The van der Waals surface area contributed by atoms with E-state index in [0.29, 0.717) is 29.9 Å². The third-order valence-corrected chi connectivity index (χ3v) is 5.54. The molecule has 0 bridgehead atoms. The Labute approximate surface area is 153 Å². The third-order valence-electron chi connectivity index (χ3n) is 5.54. The normalized spacial score (nSPS) is 18.4. The minimum absolute atomic E-state index is 0.0774. The number of aromatic nitrogens is 2. The van der Waals surface area contributed by atoms with Crippen LogP contribution in [0.25, 0.3) is 10.9 Å². The summed E-state index contributed by atoms with van der Waals surface area (Å²) in [7, 11) is 0. The molecule has 1 aliphatic carbocycles. The first-order chi connectivity index (χ1) is 12.7. The number of aryl methyl sites for hydroxylation is 1. The number of para-hydroxylation sites is 1. The number of benzene rings is 1. The number of hydrogen-bond acceptors (Lipinski definition) is 4. The van der Waals surface area contributed by atoms with Crippen molar-refractivity contribution < 1.29 is 4.79 Å². The summed E-state index contributed by atoms with van der Waals surface area (Å²) in [5.74, 6) is 1.02. The molecule has 0 unspecified atom stereocenters. The van der Waals surface area contributed by atoms with E-state index in [2.05, 4.69) is 10.3 Å². The van der Waals surface area contributed by atoms with Gasteiger partial charge in [0.2, 0.25) is 5.91 Å². The second-order valence-corrected chi connectivity index (χ2v) is 7.52. The van der Waals surface area contributed by atoms with Gasteiger partial charge in [0.1, 0.15) is 0 Å². The molecule has 6 nitrogen and oxygen atoms in total. The summed E-state index contributed by atoms with van der Waals surface area (Å²) >= 11 is 0. The summed E-state index contributed by atoms with van der Waals surface area (Å²) < 4.78 is 1.55. The maximum absolute atomic E-state index is 12.5. The van der Waals surface area contributed by atoms with E-state index in [1.165, 1.54) is 12.8 Å². The molecule has 0 atom stereocenters. The summed E-state index contributed by atoms with van der Waals surface area (Å²) in [6, 6.07) is 7.86. The number of likely N-dealkylation sites (tertiary alicyclic amines) is 1. The highest BCUT2D eigenvalue weighted by atomic mass is 16.2. The molecule has 1 saturated heterocycles. The van der Waals surface area contributed by atoms with Crippen molar-refractivity contribution in [3.05, 3.63) is 40.9 Å². The van der Waals surface area contributed by atoms with E-state index in [9.17, 15) is 9.59 Å². The van der Waals surface area contributed by atoms with Crippen LogP contribution in [0.2, 0.25) is 0 Å². The number of amides is 1. The quantitative estimate of drug-likeness (QED) is 0.859. The fourth-order valence-electron chi connectivity index (χ4n) is 3.63. The first-order valence-electron chi connectivity index (χ1n) is 9.66. The van der Waals surface area contributed by atoms with Crippen molar-refractivity contribution in [3.8, 4) is 0 Å². The van der Waals surface area contributed by atoms with E-state index in [-0.39, 0.29) is 11.5 Å². The van der Waals surface area contributed by atoms with Crippen molar-refractivity contribution in [3.63, 3.8) is 0 Å². The van der Waals surface area contributed by atoms with Gasteiger partial charge in [0.15, 0.2) is 0 Å². The zero-order chi connectivity index (χ0) is 17.9. The van der Waals surface area contributed by atoms with E-state index < -0.39 is 0 Å². The summed E-state index contributed by atoms with van der Waals surface area (Å²) in [6.07, 6.45) is 6.68. The van der Waals surface area contributed by atoms with E-state index >= 15 is 0 Å². The second-order valence-electron chi connectivity index (χ2n) is 7.52. The fraction of sp³-hybridized carbons (Fsp3) is 0.550. The number of hydrogen-bond donors (Lipinski definition) is 1. The average molecular weight is 354 g/mol. The van der Waals surface area contributed by atoms with Crippen molar-refractivity contribution in [2.75, 3.05) is 19.6 Å². The lowest BCUT2D eigenvalue weighted by Gasteiger charge is -2.32. The summed E-state index contributed by atoms with van der Waals surface area (Å²) in [6.45, 7) is 3.14. The third kappa shape index (κ3) is 3.96. The first kappa shape index (κ1) is 17.2. The van der Waals surface area contributed by atoms with Crippen LogP contribution in [0, 0.1) is 5.92 Å². The van der Waals surface area contributed by atoms with E-state index in [0.717, 1.165) is 38.4 Å². The minimum Gasteiger partial charge on any atom is -0.343 e. The molecule has 1 amide bonds. The molecule has 2 aliphatic rings. The number of fused-ring (bicyclic) bond motifs is 1. The van der Waals surface area contributed by atoms with Crippen molar-refractivity contribution in [2.45, 2.75) is 44.7 Å². The number of carbonyl (C=O) groups is 1. The number of nitrogens with zero attached hydrogens (tertiary/aromatic N) is 3. The Hall–Kier alpha value is -2.21. The minimum atomic E-state index is -0.0774. The fourth-order valence-corrected chi connectivity index (χ4v) is 3.63. The smallest absolute Gasteiger partial charge is 0.261 e. The topological polar surface area (TPSA) is 67.2 Å². The molecule has 1 saturated carbocycles. The van der Waals surface area contributed by atoms with Crippen LogP contribution in [-0.4, -0.2) is 46.0 Å². The number of carbonyl (C=O) groups excluding carboxylic acids is 1. The second kappa shape index (κ2) is 7.58. The van der Waals surface area contributed by atoms with Crippen molar-refractivity contribution in [1.29, 1.82) is 0 Å². The molecule has 2 aromatic rings. The van der Waals surface area contributed by atoms with Gasteiger partial charge in [-0.25, -0.2) is 4.98 Å². The molecule has 138 valence electrons. The molecule has 0 radical (unpaired) electrons. The highest BCUT2D eigenvalue weighted by Gasteiger charge is 2.25. The molecule has 1 N–H and O–H groups in total. The lowest BCUT2D eigenvalue weighted by atomic mass is 10.0. The molecule has 1 aliphatic heterocycles. The van der Waals surface area contributed by atoms with Crippen LogP contribution in [0.1, 0.15) is 32.1 Å². The SMILES string of the molecule is O=C(CCn1cnc2ccccc2c1=O)N1CCC(NCC2CC2)CC1. The van der Waals surface area contributed by atoms with Gasteiger partial charge in [0, 0.05) is 32.1 Å². The average Bonchev–Trinajstić information content (AvgIpc) is 3.51. The highest BCUT2D eigenvalue weighted by Crippen LogP contribution is 2.28. The standard InChI is InChI=1S/C20H26N4O2/c25-19(23-10-7-16(8-11-23)21-13-15-5-6-15)9-12-24-14-22-18-4-2-1-3-17(18)20(24)26/h1-4,14-16,21H,5-13H2. The molecule has 4 rings (SSSR count). The van der Waals surface area contributed by atoms with Crippen LogP contribution in [0.15, 0.2) is 35.4 Å². The largest absolute Gasteiger partial charge is 0.343 e. The van der Waals surface area contributed by atoms with Crippen molar-refractivity contribution in [1.82, 2.24) is 19.8 Å². The van der Waals surface area contributed by atoms with E-state index in [1.54, 1.807) is 17.0 Å². The van der Waals surface area contributed by atoms with Crippen LogP contribution < -0.4 is 10.9 Å². The zero-order valence-corrected chi connectivity index (χ0v) is 15.1. The van der Waals surface area contributed by atoms with Crippen LogP contribution in [0.4, 0.5) is 0 Å². The molecule has 2 fully saturated rings. The van der Waals surface area contributed by atoms with Crippen LogP contribution >= 0.6 is 0 Å². The molecule has 1 aromatic heterocycles. The van der Waals surface area contributed by atoms with Crippen LogP contribution in [0.3, 0.4) is 0 Å². The maximum atomic E-state index is 12.5. The first-order valence-corrected chi connectivity index (χ1v) is 9.66. The van der Waals surface area contributed by atoms with Crippen molar-refractivity contribution >= 4 is 16.8 Å². The predicted molar refractivity (Wildman–Crippen MR) is 101 cm³/mol. The van der Waals surface area contributed by atoms with Crippen molar-refractivity contribution in [2.24, 2.45) is 5.92 Å². The zero-order valence-electron chi connectivity index (χ0n) is 15.1. The molecular weight excluding hydrogens is 328 g/mol. The lowest BCUT2D eigenvalue weighted by molar-refractivity contribution is -0.132. The predicted octanol–water partition coefficient (Wildman–Crippen LogP) is 1.78. The van der Waals surface area contributed by atoms with E-state index in [1.807, 2.05) is 23.1 Å². The Morgan fingerprint density at radius 3 is 2.69 bits per heavy atom. The van der Waals surface area contributed by atoms with Gasteiger partial charge in [-0.3, -0.25) is 14.2 Å². The Balaban J connectivity index is 1.29. The Bertz CT molecular complexity index is 835. The van der Waals surface area contributed by atoms with Gasteiger partial charge in [-0.05, 0) is 50.3 Å². The molecule has 2 heterocycles. The molecule has 0 spiro atoms. The van der Waals surface area contributed by atoms with Gasteiger partial charge in [-0.2, -0.15) is 0 Å². The number of nitrogens with one attached hydrogen (secondary N) is 1. The maximum Gasteiger partial charge on any atom is 0.261 e. The van der Waals surface area contributed by atoms with Gasteiger partial charge < -0.3 is 10.2 Å². The van der Waals surface area contributed by atoms with Gasteiger partial charge in [-0.1, -0.05) is 12.1 Å². The number of piperidine rings is 1. The van der Waals surface area contributed by atoms with Gasteiger partial charge >= 0.3 is 0 Å². The monoisotopic (exact) mass is 354 g/mol. The molecule has 26 heavy (non-hydrogen) atoms. The Kier molecular flexibility index (Phi) is 5.02. The van der Waals surface area contributed by atoms with Gasteiger partial charge in [-0.15, -0.1) is 0 Å². The molecule has 6 heteroatoms. The summed E-state index contributed by atoms with van der Waals surface area (Å²) in [4.78, 5) is 31.2. The van der Waals surface area contributed by atoms with Crippen LogP contribution in [-0.2, 0) is 11.3 Å². The molecular formula is C20H26N4O2. The van der Waals surface area contributed by atoms with Crippen LogP contribution in [0.5, 0.6) is 0 Å². The van der Waals surface area contributed by atoms with Gasteiger partial charge in [0.05, 0.1) is 17.2 Å².